The van der Waals surface area contributed by atoms with Crippen LogP contribution in [0.15, 0.2) is 42.9 Å². The van der Waals surface area contributed by atoms with Crippen LogP contribution in [0, 0.1) is 12.7 Å². The molecule has 0 fully saturated rings. The predicted octanol–water partition coefficient (Wildman–Crippen LogP) is 2.44. The van der Waals surface area contributed by atoms with Gasteiger partial charge in [-0.1, -0.05) is 12.1 Å². The van der Waals surface area contributed by atoms with Crippen LogP contribution < -0.4 is 0 Å². The summed E-state index contributed by atoms with van der Waals surface area (Å²) in [5, 5.41) is 0. The number of carbonyl (C=O) groups is 1. The van der Waals surface area contributed by atoms with Crippen molar-refractivity contribution in [3.8, 4) is 11.3 Å². The molecule has 3 aromatic rings. The minimum Gasteiger partial charge on any atom is -0.328 e. The molecule has 0 saturated carbocycles. The Hall–Kier alpha value is -3.09. The Kier molecular flexibility index (Phi) is 3.76. The van der Waals surface area contributed by atoms with Gasteiger partial charge in [0.25, 0.3) is 5.91 Å². The van der Waals surface area contributed by atoms with Crippen LogP contribution in [0.25, 0.3) is 11.3 Å². The first-order chi connectivity index (χ1) is 12.1. The highest BCUT2D eigenvalue weighted by molar-refractivity contribution is 5.92. The monoisotopic (exact) mass is 337 g/mol. The van der Waals surface area contributed by atoms with Gasteiger partial charge in [-0.25, -0.2) is 14.4 Å². The first-order valence-electron chi connectivity index (χ1n) is 8.00. The normalized spacial score (nSPS) is 13.6. The summed E-state index contributed by atoms with van der Waals surface area (Å²) in [6.45, 7) is 3.36. The second-order valence-corrected chi connectivity index (χ2v) is 5.99. The summed E-state index contributed by atoms with van der Waals surface area (Å²) < 4.78 is 15.5. The molecule has 0 N–H and O–H groups in total. The SMILES string of the molecule is Cc1cnc(C(=O)N2CCn3c(-c4cccc(F)c4)cnc3C2)cn1. The van der Waals surface area contributed by atoms with Crippen LogP contribution in [0.1, 0.15) is 22.0 Å². The lowest BCUT2D eigenvalue weighted by molar-refractivity contribution is 0.0701. The van der Waals surface area contributed by atoms with Crippen LogP contribution in [0.2, 0.25) is 0 Å². The number of rotatable bonds is 2. The van der Waals surface area contributed by atoms with E-state index in [2.05, 4.69) is 15.0 Å². The lowest BCUT2D eigenvalue weighted by Crippen LogP contribution is -2.39. The molecule has 0 spiro atoms. The van der Waals surface area contributed by atoms with Crippen molar-refractivity contribution in [1.29, 1.82) is 0 Å². The maximum Gasteiger partial charge on any atom is 0.274 e. The van der Waals surface area contributed by atoms with Crippen molar-refractivity contribution in [1.82, 2.24) is 24.4 Å². The summed E-state index contributed by atoms with van der Waals surface area (Å²) in [5.41, 5.74) is 2.74. The summed E-state index contributed by atoms with van der Waals surface area (Å²) in [7, 11) is 0. The van der Waals surface area contributed by atoms with Gasteiger partial charge in [0, 0.05) is 24.8 Å². The highest BCUT2D eigenvalue weighted by Crippen LogP contribution is 2.25. The van der Waals surface area contributed by atoms with E-state index in [0.717, 1.165) is 22.8 Å². The fourth-order valence-corrected chi connectivity index (χ4v) is 2.98. The number of fused-ring (bicyclic) bond motifs is 1. The minimum atomic E-state index is -0.279. The summed E-state index contributed by atoms with van der Waals surface area (Å²) in [6, 6.07) is 6.44. The largest absolute Gasteiger partial charge is 0.328 e. The molecule has 126 valence electrons. The van der Waals surface area contributed by atoms with Crippen LogP contribution in [-0.2, 0) is 13.1 Å². The minimum absolute atomic E-state index is 0.158. The van der Waals surface area contributed by atoms with E-state index in [1.54, 1.807) is 23.4 Å². The van der Waals surface area contributed by atoms with Crippen molar-refractivity contribution >= 4 is 5.91 Å². The van der Waals surface area contributed by atoms with Gasteiger partial charge in [-0.3, -0.25) is 9.78 Å². The Bertz CT molecular complexity index is 935. The third-order valence-corrected chi connectivity index (χ3v) is 4.27. The van der Waals surface area contributed by atoms with Gasteiger partial charge < -0.3 is 9.47 Å². The highest BCUT2D eigenvalue weighted by Gasteiger charge is 2.25. The average molecular weight is 337 g/mol. The first kappa shape index (κ1) is 15.4. The third kappa shape index (κ3) is 2.88. The summed E-state index contributed by atoms with van der Waals surface area (Å²) in [5.74, 6) is 0.339. The van der Waals surface area contributed by atoms with Crippen molar-refractivity contribution in [2.24, 2.45) is 0 Å². The molecule has 0 radical (unpaired) electrons. The number of carbonyl (C=O) groups excluding carboxylic acids is 1. The second kappa shape index (κ2) is 6.08. The fourth-order valence-electron chi connectivity index (χ4n) is 2.98. The van der Waals surface area contributed by atoms with Crippen molar-refractivity contribution in [2.45, 2.75) is 20.0 Å². The zero-order chi connectivity index (χ0) is 17.4. The quantitative estimate of drug-likeness (QED) is 0.720. The van der Waals surface area contributed by atoms with Crippen LogP contribution in [0.4, 0.5) is 4.39 Å². The summed E-state index contributed by atoms with van der Waals surface area (Å²) in [4.78, 5) is 27.0. The lowest BCUT2D eigenvalue weighted by Gasteiger charge is -2.28. The van der Waals surface area contributed by atoms with Crippen LogP contribution in [-0.4, -0.2) is 36.9 Å². The van der Waals surface area contributed by atoms with E-state index in [0.29, 0.717) is 25.3 Å². The van der Waals surface area contributed by atoms with Gasteiger partial charge in [-0.05, 0) is 19.1 Å². The summed E-state index contributed by atoms with van der Waals surface area (Å²) in [6.07, 6.45) is 4.81. The predicted molar refractivity (Wildman–Crippen MR) is 89.1 cm³/mol. The number of hydrogen-bond acceptors (Lipinski definition) is 4. The number of hydrogen-bond donors (Lipinski definition) is 0. The zero-order valence-electron chi connectivity index (χ0n) is 13.7. The standard InChI is InChI=1S/C18H16FN5O/c1-12-8-21-15(9-20-12)18(25)23-5-6-24-16(10-22-17(24)11-23)13-3-2-4-14(19)7-13/h2-4,7-10H,5-6,11H2,1H3. The van der Waals surface area contributed by atoms with E-state index in [1.807, 2.05) is 17.6 Å². The Morgan fingerprint density at radius 2 is 2.00 bits per heavy atom. The van der Waals surface area contributed by atoms with Gasteiger partial charge in [0.05, 0.1) is 30.3 Å². The molecule has 4 rings (SSSR count). The van der Waals surface area contributed by atoms with Crippen molar-refractivity contribution in [3.05, 3.63) is 65.9 Å². The Balaban J connectivity index is 1.58. The number of imidazole rings is 1. The fraction of sp³-hybridized carbons (Fsp3) is 0.222. The third-order valence-electron chi connectivity index (χ3n) is 4.27. The number of benzene rings is 1. The number of aryl methyl sites for hydroxylation is 1. The van der Waals surface area contributed by atoms with E-state index < -0.39 is 0 Å². The molecule has 0 unspecified atom stereocenters. The molecule has 6 nitrogen and oxygen atoms in total. The second-order valence-electron chi connectivity index (χ2n) is 5.99. The Labute approximate surface area is 144 Å². The first-order valence-corrected chi connectivity index (χ1v) is 8.00. The molecule has 1 aliphatic heterocycles. The molecule has 1 aliphatic rings. The van der Waals surface area contributed by atoms with Gasteiger partial charge in [-0.15, -0.1) is 0 Å². The number of aromatic nitrogens is 4. The van der Waals surface area contributed by atoms with Crippen molar-refractivity contribution in [2.75, 3.05) is 6.54 Å². The zero-order valence-corrected chi connectivity index (χ0v) is 13.7. The van der Waals surface area contributed by atoms with Crippen LogP contribution in [0.5, 0.6) is 0 Å². The van der Waals surface area contributed by atoms with Gasteiger partial charge in [0.15, 0.2) is 0 Å². The smallest absolute Gasteiger partial charge is 0.274 e. The van der Waals surface area contributed by atoms with E-state index in [-0.39, 0.29) is 11.7 Å². The average Bonchev–Trinajstić information content (AvgIpc) is 3.05. The number of nitrogens with zero attached hydrogens (tertiary/aromatic N) is 5. The van der Waals surface area contributed by atoms with E-state index in [1.165, 1.54) is 18.3 Å². The molecule has 0 bridgehead atoms. The van der Waals surface area contributed by atoms with Crippen LogP contribution >= 0.6 is 0 Å². The van der Waals surface area contributed by atoms with Gasteiger partial charge in [0.2, 0.25) is 0 Å². The molecular formula is C18H16FN5O. The molecule has 1 amide bonds. The molecule has 7 heteroatoms. The lowest BCUT2D eigenvalue weighted by atomic mass is 10.1. The number of halogens is 1. The molecule has 0 atom stereocenters. The van der Waals surface area contributed by atoms with Gasteiger partial charge >= 0.3 is 0 Å². The molecule has 2 aromatic heterocycles. The molecule has 3 heterocycles. The maximum atomic E-state index is 13.5. The molecule has 0 saturated heterocycles. The van der Waals surface area contributed by atoms with Crippen molar-refractivity contribution < 1.29 is 9.18 Å². The van der Waals surface area contributed by atoms with Crippen LogP contribution in [0.3, 0.4) is 0 Å². The topological polar surface area (TPSA) is 63.9 Å². The molecule has 0 aliphatic carbocycles. The number of amides is 1. The molecular weight excluding hydrogens is 321 g/mol. The van der Waals surface area contributed by atoms with E-state index >= 15 is 0 Å². The molecule has 1 aromatic carbocycles. The maximum absolute atomic E-state index is 13.5. The van der Waals surface area contributed by atoms with E-state index in [9.17, 15) is 9.18 Å². The highest BCUT2D eigenvalue weighted by atomic mass is 19.1. The Morgan fingerprint density at radius 3 is 2.76 bits per heavy atom. The Morgan fingerprint density at radius 1 is 1.12 bits per heavy atom. The summed E-state index contributed by atoms with van der Waals surface area (Å²) >= 11 is 0. The van der Waals surface area contributed by atoms with E-state index in [4.69, 9.17) is 0 Å². The van der Waals surface area contributed by atoms with Crippen molar-refractivity contribution in [3.63, 3.8) is 0 Å². The van der Waals surface area contributed by atoms with Gasteiger partial charge in [0.1, 0.15) is 17.3 Å². The van der Waals surface area contributed by atoms with Gasteiger partial charge in [-0.2, -0.15) is 0 Å². The molecule has 25 heavy (non-hydrogen) atoms.